The lowest BCUT2D eigenvalue weighted by molar-refractivity contribution is -0.137. The Morgan fingerprint density at radius 3 is 2.81 bits per heavy atom. The van der Waals surface area contributed by atoms with E-state index >= 15 is 0 Å². The first kappa shape index (κ1) is 18.7. The van der Waals surface area contributed by atoms with E-state index in [2.05, 4.69) is 6.07 Å². The number of fused-ring (bicyclic) bond motifs is 3. The number of carboxylic acids is 1. The van der Waals surface area contributed by atoms with Crippen molar-refractivity contribution in [3.8, 4) is 5.75 Å². The van der Waals surface area contributed by atoms with Gasteiger partial charge in [0.15, 0.2) is 0 Å². The number of halogens is 1. The summed E-state index contributed by atoms with van der Waals surface area (Å²) in [5.74, 6) is 0.467. The Morgan fingerprint density at radius 2 is 2.15 bits per heavy atom. The summed E-state index contributed by atoms with van der Waals surface area (Å²) in [4.78, 5) is 10.8. The molecule has 0 saturated carbocycles. The van der Waals surface area contributed by atoms with Crippen LogP contribution < -0.4 is 10.5 Å². The Kier molecular flexibility index (Phi) is 5.84. The van der Waals surface area contributed by atoms with Crippen molar-refractivity contribution in [3.05, 3.63) is 63.7 Å². The quantitative estimate of drug-likeness (QED) is 0.831. The van der Waals surface area contributed by atoms with E-state index in [0.29, 0.717) is 0 Å². The molecule has 2 aliphatic rings. The number of carboxylic acid groups (broad SMARTS) is 1. The van der Waals surface area contributed by atoms with Crippen molar-refractivity contribution >= 4 is 17.6 Å². The molecule has 0 amide bonds. The fourth-order valence-corrected chi connectivity index (χ4v) is 3.95. The van der Waals surface area contributed by atoms with Gasteiger partial charge in [-0.15, -0.1) is 0 Å². The van der Waals surface area contributed by atoms with Crippen LogP contribution in [0.25, 0.3) is 0 Å². The fourth-order valence-electron chi connectivity index (χ4n) is 3.75. The van der Waals surface area contributed by atoms with E-state index in [-0.39, 0.29) is 18.4 Å². The molecule has 2 aromatic carbocycles. The molecule has 0 radical (unpaired) electrons. The molecule has 0 unspecified atom stereocenters. The average molecular weight is 374 g/mol. The van der Waals surface area contributed by atoms with E-state index < -0.39 is 5.97 Å². The molecule has 1 heterocycles. The number of nitrogens with two attached hydrogens (primary N) is 1. The number of hydrogen-bond donors (Lipinski definition) is 2. The van der Waals surface area contributed by atoms with Crippen LogP contribution >= 0.6 is 11.6 Å². The zero-order valence-corrected chi connectivity index (χ0v) is 15.6. The van der Waals surface area contributed by atoms with Crippen LogP contribution in [0.5, 0.6) is 5.75 Å². The Balaban J connectivity index is 0.000000170. The molecule has 0 bridgehead atoms. The molecule has 1 aliphatic heterocycles. The Hall–Kier alpha value is -2.04. The van der Waals surface area contributed by atoms with Crippen molar-refractivity contribution in [2.45, 2.75) is 44.6 Å². The topological polar surface area (TPSA) is 72.6 Å². The third kappa shape index (κ3) is 4.19. The molecule has 0 fully saturated rings. The predicted octanol–water partition coefficient (Wildman–Crippen LogP) is 4.49. The molecule has 4 rings (SSSR count). The zero-order valence-electron chi connectivity index (χ0n) is 14.9. The predicted molar refractivity (Wildman–Crippen MR) is 103 cm³/mol. The van der Waals surface area contributed by atoms with Gasteiger partial charge in [0.25, 0.3) is 0 Å². The number of rotatable bonds is 3. The maximum atomic E-state index is 10.8. The summed E-state index contributed by atoms with van der Waals surface area (Å²) in [6.45, 7) is 2.68. The van der Waals surface area contributed by atoms with Crippen molar-refractivity contribution in [2.24, 2.45) is 5.73 Å². The lowest BCUT2D eigenvalue weighted by Crippen LogP contribution is -2.05. The summed E-state index contributed by atoms with van der Waals surface area (Å²) >= 11 is 5.73. The molecular formula is C21H24ClNO3. The van der Waals surface area contributed by atoms with Gasteiger partial charge in [0, 0.05) is 23.0 Å². The molecule has 0 spiro atoms. The molecule has 2 aromatic rings. The van der Waals surface area contributed by atoms with Crippen molar-refractivity contribution in [3.63, 3.8) is 0 Å². The van der Waals surface area contributed by atoms with Crippen LogP contribution in [0.2, 0.25) is 5.02 Å². The van der Waals surface area contributed by atoms with Gasteiger partial charge in [-0.05, 0) is 60.6 Å². The van der Waals surface area contributed by atoms with Crippen molar-refractivity contribution in [1.82, 2.24) is 0 Å². The molecule has 26 heavy (non-hydrogen) atoms. The van der Waals surface area contributed by atoms with E-state index in [1.807, 2.05) is 37.3 Å². The van der Waals surface area contributed by atoms with E-state index in [9.17, 15) is 4.79 Å². The molecule has 0 saturated heterocycles. The van der Waals surface area contributed by atoms with Gasteiger partial charge in [0.1, 0.15) is 5.75 Å². The second-order valence-corrected chi connectivity index (χ2v) is 7.33. The second-order valence-electron chi connectivity index (χ2n) is 6.89. The lowest BCUT2D eigenvalue weighted by atomic mass is 9.92. The molecule has 3 N–H and O–H groups in total. The Morgan fingerprint density at radius 1 is 1.35 bits per heavy atom. The van der Waals surface area contributed by atoms with Crippen LogP contribution in [0.4, 0.5) is 0 Å². The van der Waals surface area contributed by atoms with Gasteiger partial charge in [0.05, 0.1) is 13.0 Å². The molecule has 1 aliphatic carbocycles. The summed E-state index contributed by atoms with van der Waals surface area (Å²) in [6.07, 6.45) is 3.18. The van der Waals surface area contributed by atoms with Gasteiger partial charge >= 0.3 is 5.97 Å². The van der Waals surface area contributed by atoms with E-state index in [1.54, 1.807) is 0 Å². The zero-order chi connectivity index (χ0) is 18.7. The Labute approximate surface area is 158 Å². The van der Waals surface area contributed by atoms with Crippen LogP contribution in [0.1, 0.15) is 54.0 Å². The fraction of sp³-hybridized carbons (Fsp3) is 0.381. The van der Waals surface area contributed by atoms with Crippen LogP contribution in [-0.2, 0) is 17.6 Å². The maximum absolute atomic E-state index is 10.8. The van der Waals surface area contributed by atoms with Crippen molar-refractivity contribution in [1.29, 1.82) is 0 Å². The second kappa shape index (κ2) is 8.11. The maximum Gasteiger partial charge on any atom is 0.303 e. The highest BCUT2D eigenvalue weighted by Crippen LogP contribution is 2.43. The van der Waals surface area contributed by atoms with Gasteiger partial charge in [0.2, 0.25) is 0 Å². The number of carbonyl (C=O) groups is 1. The third-order valence-corrected chi connectivity index (χ3v) is 5.21. The smallest absolute Gasteiger partial charge is 0.303 e. The van der Waals surface area contributed by atoms with Gasteiger partial charge in [-0.1, -0.05) is 29.8 Å². The van der Waals surface area contributed by atoms with Gasteiger partial charge in [-0.25, -0.2) is 0 Å². The van der Waals surface area contributed by atoms with Crippen LogP contribution in [0.3, 0.4) is 0 Å². The number of hydrogen-bond acceptors (Lipinski definition) is 3. The van der Waals surface area contributed by atoms with E-state index in [4.69, 9.17) is 27.2 Å². The summed E-state index contributed by atoms with van der Waals surface area (Å²) in [6, 6.07) is 11.8. The standard InChI is InChI=1S/C13H14O3.C8H10ClN/c14-12(15)7-9-2-1-8-3-4-11-10(13(8)9)5-6-16-11;1-6(10)7-3-2-4-8(9)5-7/h3-4,9H,1-2,5-7H2,(H,14,15);2-6H,10H2,1H3/t9-;6-/m01/s1. The summed E-state index contributed by atoms with van der Waals surface area (Å²) < 4.78 is 5.53. The molecule has 4 nitrogen and oxygen atoms in total. The molecule has 0 aromatic heterocycles. The number of ether oxygens (including phenoxy) is 1. The minimum atomic E-state index is -0.700. The normalized spacial score (nSPS) is 18.2. The van der Waals surface area contributed by atoms with E-state index in [0.717, 1.165) is 42.2 Å². The highest BCUT2D eigenvalue weighted by atomic mass is 35.5. The largest absolute Gasteiger partial charge is 0.493 e. The van der Waals surface area contributed by atoms with Crippen LogP contribution in [0.15, 0.2) is 36.4 Å². The minimum Gasteiger partial charge on any atom is -0.493 e. The summed E-state index contributed by atoms with van der Waals surface area (Å²) in [5, 5.41) is 9.66. The average Bonchev–Trinajstić information content (AvgIpc) is 3.21. The minimum absolute atomic E-state index is 0.0682. The van der Waals surface area contributed by atoms with Crippen molar-refractivity contribution in [2.75, 3.05) is 6.61 Å². The first-order chi connectivity index (χ1) is 12.5. The first-order valence-corrected chi connectivity index (χ1v) is 9.33. The molecule has 2 atom stereocenters. The summed E-state index contributed by atoms with van der Waals surface area (Å²) in [5.41, 5.74) is 10.6. The highest BCUT2D eigenvalue weighted by Gasteiger charge is 2.30. The van der Waals surface area contributed by atoms with Crippen molar-refractivity contribution < 1.29 is 14.6 Å². The van der Waals surface area contributed by atoms with Gasteiger partial charge < -0.3 is 15.6 Å². The van der Waals surface area contributed by atoms with Crippen LogP contribution in [0, 0.1) is 0 Å². The monoisotopic (exact) mass is 373 g/mol. The molecule has 138 valence electrons. The molecular weight excluding hydrogens is 350 g/mol. The number of aryl methyl sites for hydroxylation is 1. The molecule has 5 heteroatoms. The van der Waals surface area contributed by atoms with Gasteiger partial charge in [-0.3, -0.25) is 4.79 Å². The Bertz CT molecular complexity index is 804. The SMILES string of the molecule is C[C@@H](N)c1cccc(Cl)c1.O=C(O)C[C@@H]1CCc2ccc3c(c21)CCO3. The first-order valence-electron chi connectivity index (χ1n) is 8.96. The van der Waals surface area contributed by atoms with Crippen LogP contribution in [-0.4, -0.2) is 17.7 Å². The summed E-state index contributed by atoms with van der Waals surface area (Å²) in [7, 11) is 0. The van der Waals surface area contributed by atoms with E-state index in [1.165, 1.54) is 16.7 Å². The van der Waals surface area contributed by atoms with Gasteiger partial charge in [-0.2, -0.15) is 0 Å². The highest BCUT2D eigenvalue weighted by molar-refractivity contribution is 6.30. The lowest BCUT2D eigenvalue weighted by Gasteiger charge is -2.12. The number of aliphatic carboxylic acids is 1. The number of benzene rings is 2. The third-order valence-electron chi connectivity index (χ3n) is 4.98.